The molecule has 2 heterocycles. The summed E-state index contributed by atoms with van der Waals surface area (Å²) in [5, 5.41) is 3.36. The smallest absolute Gasteiger partial charge is 0.409 e. The second kappa shape index (κ2) is 8.97. The Morgan fingerprint density at radius 2 is 2.04 bits per heavy atom. The summed E-state index contributed by atoms with van der Waals surface area (Å²) < 4.78 is 5.03. The van der Waals surface area contributed by atoms with E-state index in [0.29, 0.717) is 19.7 Å². The first kappa shape index (κ1) is 17.1. The molecule has 126 valence electrons. The van der Waals surface area contributed by atoms with Crippen molar-refractivity contribution in [1.29, 1.82) is 0 Å². The lowest BCUT2D eigenvalue weighted by Crippen LogP contribution is -2.54. The van der Waals surface area contributed by atoms with Gasteiger partial charge in [0.25, 0.3) is 0 Å². The van der Waals surface area contributed by atoms with E-state index in [4.69, 9.17) is 4.74 Å². The number of hydrogen-bond donors (Lipinski definition) is 1. The second-order valence-corrected chi connectivity index (χ2v) is 5.22. The molecule has 1 aromatic heterocycles. The molecule has 2 rings (SSSR count). The lowest BCUT2D eigenvalue weighted by atomic mass is 10.3. The molecule has 1 fully saturated rings. The zero-order valence-electron chi connectivity index (χ0n) is 13.9. The van der Waals surface area contributed by atoms with Gasteiger partial charge >= 0.3 is 6.09 Å². The molecule has 0 bridgehead atoms. The van der Waals surface area contributed by atoms with Crippen molar-refractivity contribution in [3.05, 3.63) is 30.1 Å². The maximum atomic E-state index is 11.7. The maximum Gasteiger partial charge on any atom is 0.409 e. The van der Waals surface area contributed by atoms with E-state index in [1.165, 1.54) is 0 Å². The van der Waals surface area contributed by atoms with E-state index < -0.39 is 0 Å². The third kappa shape index (κ3) is 5.12. The number of guanidine groups is 1. The topological polar surface area (TPSA) is 70.1 Å². The van der Waals surface area contributed by atoms with Gasteiger partial charge in [-0.05, 0) is 19.1 Å². The van der Waals surface area contributed by atoms with E-state index in [1.54, 1.807) is 18.1 Å². The number of pyridine rings is 1. The Labute approximate surface area is 137 Å². The number of rotatable bonds is 4. The SMILES string of the molecule is CCOC(=O)N1CCN(C(=NC)NCCc2ccccn2)CC1. The standard InChI is InChI=1S/C16H25N5O2/c1-3-23-16(22)21-12-10-20(11-13-21)15(17-2)19-9-7-14-6-4-5-8-18-14/h4-6,8H,3,7,9-13H2,1-2H3,(H,17,19). The van der Waals surface area contributed by atoms with Crippen LogP contribution in [-0.4, -0.2) is 73.2 Å². The Kier molecular flexibility index (Phi) is 6.65. The molecule has 0 unspecified atom stereocenters. The van der Waals surface area contributed by atoms with E-state index in [1.807, 2.05) is 25.1 Å². The van der Waals surface area contributed by atoms with Crippen molar-refractivity contribution in [1.82, 2.24) is 20.1 Å². The van der Waals surface area contributed by atoms with Crippen LogP contribution in [0.2, 0.25) is 0 Å². The lowest BCUT2D eigenvalue weighted by Gasteiger charge is -2.35. The van der Waals surface area contributed by atoms with Crippen molar-refractivity contribution in [3.8, 4) is 0 Å². The molecule has 0 aromatic carbocycles. The van der Waals surface area contributed by atoms with Crippen LogP contribution in [-0.2, 0) is 11.2 Å². The Hall–Kier alpha value is -2.31. The van der Waals surface area contributed by atoms with Gasteiger partial charge in [0.1, 0.15) is 0 Å². The quantitative estimate of drug-likeness (QED) is 0.661. The highest BCUT2D eigenvalue weighted by molar-refractivity contribution is 5.80. The van der Waals surface area contributed by atoms with E-state index in [2.05, 4.69) is 20.2 Å². The molecule has 0 aliphatic carbocycles. The van der Waals surface area contributed by atoms with Gasteiger partial charge in [0.2, 0.25) is 0 Å². The van der Waals surface area contributed by atoms with Gasteiger partial charge in [0.05, 0.1) is 6.61 Å². The number of aromatic nitrogens is 1. The summed E-state index contributed by atoms with van der Waals surface area (Å²) in [6, 6.07) is 5.92. The van der Waals surface area contributed by atoms with Crippen LogP contribution in [0, 0.1) is 0 Å². The molecule has 0 saturated carbocycles. The van der Waals surface area contributed by atoms with Crippen LogP contribution in [0.5, 0.6) is 0 Å². The number of piperazine rings is 1. The summed E-state index contributed by atoms with van der Waals surface area (Å²) >= 11 is 0. The van der Waals surface area contributed by atoms with E-state index in [9.17, 15) is 4.79 Å². The predicted octanol–water partition coefficient (Wildman–Crippen LogP) is 0.974. The Morgan fingerprint density at radius 3 is 2.65 bits per heavy atom. The van der Waals surface area contributed by atoms with Crippen LogP contribution in [0.4, 0.5) is 4.79 Å². The van der Waals surface area contributed by atoms with Crippen molar-refractivity contribution in [2.75, 3.05) is 46.4 Å². The summed E-state index contributed by atoms with van der Waals surface area (Å²) in [6.07, 6.45) is 2.42. The van der Waals surface area contributed by atoms with Gasteiger partial charge in [-0.3, -0.25) is 9.98 Å². The molecule has 1 N–H and O–H groups in total. The molecule has 7 nitrogen and oxygen atoms in total. The minimum Gasteiger partial charge on any atom is -0.450 e. The number of ether oxygens (including phenoxy) is 1. The summed E-state index contributed by atoms with van der Waals surface area (Å²) in [5.41, 5.74) is 1.06. The van der Waals surface area contributed by atoms with Crippen molar-refractivity contribution >= 4 is 12.1 Å². The zero-order valence-corrected chi connectivity index (χ0v) is 13.9. The van der Waals surface area contributed by atoms with Crippen LogP contribution in [0.25, 0.3) is 0 Å². The van der Waals surface area contributed by atoms with Gasteiger partial charge in [-0.2, -0.15) is 0 Å². The molecule has 0 spiro atoms. The van der Waals surface area contributed by atoms with Gasteiger partial charge in [0, 0.05) is 58.1 Å². The summed E-state index contributed by atoms with van der Waals surface area (Å²) in [4.78, 5) is 24.2. The third-order valence-corrected chi connectivity index (χ3v) is 3.71. The zero-order chi connectivity index (χ0) is 16.5. The average Bonchev–Trinajstić information content (AvgIpc) is 2.60. The minimum atomic E-state index is -0.231. The highest BCUT2D eigenvalue weighted by atomic mass is 16.6. The number of nitrogens with zero attached hydrogens (tertiary/aromatic N) is 4. The molecular formula is C16H25N5O2. The predicted molar refractivity (Wildman–Crippen MR) is 89.5 cm³/mol. The van der Waals surface area contributed by atoms with Gasteiger partial charge in [-0.25, -0.2) is 4.79 Å². The van der Waals surface area contributed by atoms with Gasteiger partial charge in [0.15, 0.2) is 5.96 Å². The monoisotopic (exact) mass is 319 g/mol. The first-order chi connectivity index (χ1) is 11.2. The van der Waals surface area contributed by atoms with Crippen molar-refractivity contribution < 1.29 is 9.53 Å². The lowest BCUT2D eigenvalue weighted by molar-refractivity contribution is 0.0915. The molecule has 1 amide bonds. The molecule has 0 radical (unpaired) electrons. The number of aliphatic imine (C=N–C) groups is 1. The van der Waals surface area contributed by atoms with Gasteiger partial charge in [-0.15, -0.1) is 0 Å². The van der Waals surface area contributed by atoms with Crippen LogP contribution in [0.3, 0.4) is 0 Å². The van der Waals surface area contributed by atoms with Gasteiger partial charge < -0.3 is 19.9 Å². The number of amides is 1. The van der Waals surface area contributed by atoms with Crippen molar-refractivity contribution in [2.45, 2.75) is 13.3 Å². The normalized spacial score (nSPS) is 15.5. The van der Waals surface area contributed by atoms with E-state index >= 15 is 0 Å². The number of carbonyl (C=O) groups excluding carboxylic acids is 1. The first-order valence-corrected chi connectivity index (χ1v) is 8.01. The molecule has 1 saturated heterocycles. The number of nitrogens with one attached hydrogen (secondary N) is 1. The Morgan fingerprint density at radius 1 is 1.30 bits per heavy atom. The molecule has 7 heteroatoms. The van der Waals surface area contributed by atoms with Crippen molar-refractivity contribution in [2.24, 2.45) is 4.99 Å². The highest BCUT2D eigenvalue weighted by Gasteiger charge is 2.23. The molecule has 1 aromatic rings. The van der Waals surface area contributed by atoms with Crippen LogP contribution >= 0.6 is 0 Å². The number of hydrogen-bond acceptors (Lipinski definition) is 4. The van der Waals surface area contributed by atoms with Crippen LogP contribution in [0.1, 0.15) is 12.6 Å². The maximum absolute atomic E-state index is 11.7. The fourth-order valence-corrected chi connectivity index (χ4v) is 2.50. The summed E-state index contributed by atoms with van der Waals surface area (Å²) in [5.74, 6) is 0.865. The van der Waals surface area contributed by atoms with Crippen molar-refractivity contribution in [3.63, 3.8) is 0 Å². The largest absolute Gasteiger partial charge is 0.450 e. The Balaban J connectivity index is 1.76. The summed E-state index contributed by atoms with van der Waals surface area (Å²) in [7, 11) is 1.78. The first-order valence-electron chi connectivity index (χ1n) is 8.01. The van der Waals surface area contributed by atoms with E-state index in [-0.39, 0.29) is 6.09 Å². The van der Waals surface area contributed by atoms with Crippen LogP contribution < -0.4 is 5.32 Å². The second-order valence-electron chi connectivity index (χ2n) is 5.22. The van der Waals surface area contributed by atoms with Crippen LogP contribution in [0.15, 0.2) is 29.4 Å². The fourth-order valence-electron chi connectivity index (χ4n) is 2.50. The third-order valence-electron chi connectivity index (χ3n) is 3.71. The molecule has 1 aliphatic heterocycles. The fraction of sp³-hybridized carbons (Fsp3) is 0.562. The van der Waals surface area contributed by atoms with E-state index in [0.717, 1.165) is 37.7 Å². The molecule has 0 atom stereocenters. The average molecular weight is 319 g/mol. The molecular weight excluding hydrogens is 294 g/mol. The molecule has 1 aliphatic rings. The van der Waals surface area contributed by atoms with Gasteiger partial charge in [-0.1, -0.05) is 6.07 Å². The minimum absolute atomic E-state index is 0.231. The molecule has 23 heavy (non-hydrogen) atoms. The Bertz CT molecular complexity index is 512. The highest BCUT2D eigenvalue weighted by Crippen LogP contribution is 2.04. The number of carbonyl (C=O) groups is 1. The summed E-state index contributed by atoms with van der Waals surface area (Å²) in [6.45, 7) is 5.82.